The third-order valence-electron chi connectivity index (χ3n) is 2.44. The van der Waals surface area contributed by atoms with Gasteiger partial charge in [0.2, 0.25) is 5.88 Å². The van der Waals surface area contributed by atoms with E-state index in [2.05, 4.69) is 10.2 Å². The highest BCUT2D eigenvalue weighted by Crippen LogP contribution is 2.38. The van der Waals surface area contributed by atoms with Crippen LogP contribution in [0.5, 0.6) is 5.88 Å². The summed E-state index contributed by atoms with van der Waals surface area (Å²) in [5.41, 5.74) is 1.21. The van der Waals surface area contributed by atoms with E-state index >= 15 is 0 Å². The van der Waals surface area contributed by atoms with E-state index in [1.807, 2.05) is 31.2 Å². The number of azo groups is 1. The van der Waals surface area contributed by atoms with E-state index in [9.17, 15) is 9.90 Å². The molecular formula is C11H11N3O2. The molecule has 0 aliphatic carbocycles. The van der Waals surface area contributed by atoms with E-state index in [1.54, 1.807) is 4.57 Å². The van der Waals surface area contributed by atoms with Crippen LogP contribution in [0, 0.1) is 0 Å². The molecule has 5 nitrogen and oxygen atoms in total. The van der Waals surface area contributed by atoms with E-state index in [0.29, 0.717) is 18.6 Å². The van der Waals surface area contributed by atoms with Crippen LogP contribution in [-0.2, 0) is 11.3 Å². The molecule has 0 saturated heterocycles. The number of carbonyl (C=O) groups excluding carboxylic acids is 1. The Bertz CT molecular complexity index is 558. The smallest absolute Gasteiger partial charge is 0.252 e. The van der Waals surface area contributed by atoms with E-state index in [-0.39, 0.29) is 5.88 Å². The van der Waals surface area contributed by atoms with Crippen molar-refractivity contribution < 1.29 is 9.90 Å². The monoisotopic (exact) mass is 217 g/mol. The lowest BCUT2D eigenvalue weighted by molar-refractivity contribution is -0.107. The lowest BCUT2D eigenvalue weighted by Gasteiger charge is -2.00. The standard InChI is InChI=1S/C11H11N3O2/c1-2-14-9-6-4-3-5-8(9)10(11(14)16)13-12-7-15/h3-7,16H,2H2,1H3. The van der Waals surface area contributed by atoms with Gasteiger partial charge in [-0.05, 0) is 13.0 Å². The summed E-state index contributed by atoms with van der Waals surface area (Å²) in [6.07, 6.45) is 0.345. The number of nitrogens with zero attached hydrogens (tertiary/aromatic N) is 3. The van der Waals surface area contributed by atoms with Gasteiger partial charge in [0, 0.05) is 11.9 Å². The molecular weight excluding hydrogens is 206 g/mol. The minimum atomic E-state index is 0.0364. The van der Waals surface area contributed by atoms with Crippen LogP contribution in [-0.4, -0.2) is 16.1 Å². The first-order chi connectivity index (χ1) is 7.79. The number of carbonyl (C=O) groups is 1. The molecule has 0 radical (unpaired) electrons. The molecule has 2 rings (SSSR count). The molecule has 1 amide bonds. The van der Waals surface area contributed by atoms with Gasteiger partial charge in [0.15, 0.2) is 5.69 Å². The molecule has 0 spiro atoms. The van der Waals surface area contributed by atoms with Crippen molar-refractivity contribution in [1.82, 2.24) is 4.57 Å². The van der Waals surface area contributed by atoms with Crippen molar-refractivity contribution in [1.29, 1.82) is 0 Å². The zero-order chi connectivity index (χ0) is 11.5. The molecule has 1 heterocycles. The Morgan fingerprint density at radius 3 is 2.88 bits per heavy atom. The molecule has 0 aliphatic rings. The SMILES string of the molecule is CCn1c(O)c(N=NC=O)c2ccccc21. The van der Waals surface area contributed by atoms with Crippen LogP contribution in [0.1, 0.15) is 6.92 Å². The summed E-state index contributed by atoms with van der Waals surface area (Å²) in [4.78, 5) is 10.2. The fraction of sp³-hybridized carbons (Fsp3) is 0.182. The molecule has 0 fully saturated rings. The zero-order valence-electron chi connectivity index (χ0n) is 8.79. The number of para-hydroxylation sites is 1. The van der Waals surface area contributed by atoms with Gasteiger partial charge >= 0.3 is 0 Å². The Morgan fingerprint density at radius 1 is 1.44 bits per heavy atom. The minimum Gasteiger partial charge on any atom is -0.493 e. The van der Waals surface area contributed by atoms with Crippen molar-refractivity contribution in [3.8, 4) is 5.88 Å². The van der Waals surface area contributed by atoms with Crippen LogP contribution in [0.25, 0.3) is 10.9 Å². The molecule has 2 aromatic rings. The van der Waals surface area contributed by atoms with Gasteiger partial charge in [0.1, 0.15) is 0 Å². The summed E-state index contributed by atoms with van der Waals surface area (Å²) in [6, 6.07) is 7.45. The van der Waals surface area contributed by atoms with Crippen LogP contribution in [0.2, 0.25) is 0 Å². The Hall–Kier alpha value is -2.17. The van der Waals surface area contributed by atoms with Gasteiger partial charge in [0.25, 0.3) is 6.41 Å². The van der Waals surface area contributed by atoms with E-state index in [4.69, 9.17) is 0 Å². The number of aryl methyl sites for hydroxylation is 1. The second-order valence-electron chi connectivity index (χ2n) is 3.25. The number of aromatic nitrogens is 1. The molecule has 1 aromatic carbocycles. The van der Waals surface area contributed by atoms with Crippen molar-refractivity contribution >= 4 is 23.0 Å². The average Bonchev–Trinajstić information content (AvgIpc) is 2.58. The third-order valence-corrected chi connectivity index (χ3v) is 2.44. The number of amides is 1. The molecule has 0 aliphatic heterocycles. The fourth-order valence-electron chi connectivity index (χ4n) is 1.77. The Balaban J connectivity index is 2.76. The highest BCUT2D eigenvalue weighted by Gasteiger charge is 2.14. The van der Waals surface area contributed by atoms with E-state index in [0.717, 1.165) is 10.9 Å². The Morgan fingerprint density at radius 2 is 2.19 bits per heavy atom. The zero-order valence-corrected chi connectivity index (χ0v) is 8.79. The van der Waals surface area contributed by atoms with Gasteiger partial charge in [-0.1, -0.05) is 18.2 Å². The maximum Gasteiger partial charge on any atom is 0.252 e. The molecule has 5 heteroatoms. The van der Waals surface area contributed by atoms with Crippen LogP contribution in [0.4, 0.5) is 5.69 Å². The van der Waals surface area contributed by atoms with Crippen LogP contribution >= 0.6 is 0 Å². The molecule has 0 atom stereocenters. The maximum absolute atomic E-state index is 10.2. The Labute approximate surface area is 92.0 Å². The molecule has 82 valence electrons. The Kier molecular flexibility index (Phi) is 2.68. The summed E-state index contributed by atoms with van der Waals surface area (Å²) < 4.78 is 1.72. The van der Waals surface area contributed by atoms with Gasteiger partial charge < -0.3 is 9.67 Å². The molecule has 0 unspecified atom stereocenters. The van der Waals surface area contributed by atoms with E-state index < -0.39 is 0 Å². The third kappa shape index (κ3) is 1.46. The highest BCUT2D eigenvalue weighted by atomic mass is 16.3. The maximum atomic E-state index is 10.2. The second-order valence-corrected chi connectivity index (χ2v) is 3.25. The van der Waals surface area contributed by atoms with Crippen molar-refractivity contribution in [3.63, 3.8) is 0 Å². The van der Waals surface area contributed by atoms with Crippen molar-refractivity contribution in [2.45, 2.75) is 13.5 Å². The van der Waals surface area contributed by atoms with E-state index in [1.165, 1.54) is 0 Å². The van der Waals surface area contributed by atoms with Gasteiger partial charge in [-0.2, -0.15) is 0 Å². The summed E-state index contributed by atoms with van der Waals surface area (Å²) in [7, 11) is 0. The number of fused-ring (bicyclic) bond motifs is 1. The predicted molar refractivity (Wildman–Crippen MR) is 59.9 cm³/mol. The summed E-state index contributed by atoms with van der Waals surface area (Å²) >= 11 is 0. The second kappa shape index (κ2) is 4.14. The van der Waals surface area contributed by atoms with Gasteiger partial charge in [-0.3, -0.25) is 4.79 Å². The summed E-state index contributed by atoms with van der Waals surface area (Å²) in [5, 5.41) is 17.7. The molecule has 1 aromatic heterocycles. The first-order valence-corrected chi connectivity index (χ1v) is 4.94. The molecule has 0 saturated carbocycles. The largest absolute Gasteiger partial charge is 0.493 e. The number of hydrogen-bond acceptors (Lipinski definition) is 3. The molecule has 0 bridgehead atoms. The normalized spacial score (nSPS) is 11.3. The van der Waals surface area contributed by atoms with Crippen LogP contribution in [0.15, 0.2) is 34.5 Å². The van der Waals surface area contributed by atoms with Crippen LogP contribution < -0.4 is 0 Å². The first-order valence-electron chi connectivity index (χ1n) is 4.94. The van der Waals surface area contributed by atoms with Crippen molar-refractivity contribution in [2.75, 3.05) is 0 Å². The van der Waals surface area contributed by atoms with Gasteiger partial charge in [0.05, 0.1) is 5.52 Å². The fourth-order valence-corrected chi connectivity index (χ4v) is 1.77. The number of rotatable bonds is 3. The summed E-state index contributed by atoms with van der Waals surface area (Å²) in [5.74, 6) is 0.0364. The first kappa shape index (κ1) is 10.4. The predicted octanol–water partition coefficient (Wildman–Crippen LogP) is 2.61. The molecule has 16 heavy (non-hydrogen) atoms. The van der Waals surface area contributed by atoms with Crippen LogP contribution in [0.3, 0.4) is 0 Å². The minimum absolute atomic E-state index is 0.0364. The van der Waals surface area contributed by atoms with Gasteiger partial charge in [-0.15, -0.1) is 10.2 Å². The lowest BCUT2D eigenvalue weighted by Crippen LogP contribution is -1.91. The van der Waals surface area contributed by atoms with Crippen molar-refractivity contribution in [3.05, 3.63) is 24.3 Å². The lowest BCUT2D eigenvalue weighted by atomic mass is 10.2. The number of benzene rings is 1. The summed E-state index contributed by atoms with van der Waals surface area (Å²) in [6.45, 7) is 2.55. The average molecular weight is 217 g/mol. The topological polar surface area (TPSA) is 66.9 Å². The van der Waals surface area contributed by atoms with Gasteiger partial charge in [-0.25, -0.2) is 0 Å². The number of hydrogen-bond donors (Lipinski definition) is 1. The van der Waals surface area contributed by atoms with Crippen molar-refractivity contribution in [2.24, 2.45) is 10.2 Å². The highest BCUT2D eigenvalue weighted by molar-refractivity contribution is 5.95. The molecule has 1 N–H and O–H groups in total. The quantitative estimate of drug-likeness (QED) is 0.634. The number of aromatic hydroxyl groups is 1.